The summed E-state index contributed by atoms with van der Waals surface area (Å²) >= 11 is 0. The van der Waals surface area contributed by atoms with Crippen molar-refractivity contribution >= 4 is 11.9 Å². The Balaban J connectivity index is 2.83. The average Bonchev–Trinajstić information content (AvgIpc) is 2.37. The molecule has 0 aromatic heterocycles. The van der Waals surface area contributed by atoms with Gasteiger partial charge in [0, 0.05) is 6.54 Å². The lowest BCUT2D eigenvalue weighted by atomic mass is 9.96. The first-order valence-electron chi connectivity index (χ1n) is 6.58. The predicted molar refractivity (Wildman–Crippen MR) is 69.1 cm³/mol. The van der Waals surface area contributed by atoms with Gasteiger partial charge in [-0.15, -0.1) is 0 Å². The number of carbonyl (C=O) groups excluding carboxylic acids is 2. The number of likely N-dealkylation sites (tertiary alicyclic amines) is 1. The van der Waals surface area contributed by atoms with Crippen LogP contribution in [0.3, 0.4) is 0 Å². The molecule has 18 heavy (non-hydrogen) atoms. The molecule has 1 fully saturated rings. The summed E-state index contributed by atoms with van der Waals surface area (Å²) in [6, 6.07) is -0.422. The van der Waals surface area contributed by atoms with Gasteiger partial charge < -0.3 is 15.0 Å². The summed E-state index contributed by atoms with van der Waals surface area (Å²) in [4.78, 5) is 25.9. The molecule has 0 saturated carbocycles. The van der Waals surface area contributed by atoms with Crippen molar-refractivity contribution in [2.75, 3.05) is 20.2 Å². The molecular formula is C13H24N2O3. The van der Waals surface area contributed by atoms with Gasteiger partial charge in [-0.2, -0.15) is 0 Å². The Hall–Kier alpha value is -1.10. The van der Waals surface area contributed by atoms with E-state index in [0.29, 0.717) is 13.0 Å². The summed E-state index contributed by atoms with van der Waals surface area (Å²) in [6.07, 6.45) is 2.60. The molecule has 0 bridgehead atoms. The Morgan fingerprint density at radius 1 is 1.39 bits per heavy atom. The maximum atomic E-state index is 12.5. The Morgan fingerprint density at radius 3 is 2.61 bits per heavy atom. The van der Waals surface area contributed by atoms with Gasteiger partial charge in [0.25, 0.3) is 0 Å². The Morgan fingerprint density at radius 2 is 2.06 bits per heavy atom. The van der Waals surface area contributed by atoms with E-state index in [9.17, 15) is 9.59 Å². The summed E-state index contributed by atoms with van der Waals surface area (Å²) in [7, 11) is 1.37. The minimum absolute atomic E-state index is 0.0283. The Kier molecular flexibility index (Phi) is 5.14. The highest BCUT2D eigenvalue weighted by Gasteiger charge is 2.39. The summed E-state index contributed by atoms with van der Waals surface area (Å²) < 4.78 is 4.79. The van der Waals surface area contributed by atoms with Crippen LogP contribution in [0.4, 0.5) is 0 Å². The number of carbonyl (C=O) groups is 2. The third kappa shape index (κ3) is 3.22. The lowest BCUT2D eigenvalue weighted by Gasteiger charge is -2.39. The van der Waals surface area contributed by atoms with Gasteiger partial charge in [0.05, 0.1) is 12.6 Å². The van der Waals surface area contributed by atoms with Crippen LogP contribution in [0, 0.1) is 0 Å². The molecule has 0 radical (unpaired) electrons. The molecule has 104 valence electrons. The van der Waals surface area contributed by atoms with E-state index in [1.165, 1.54) is 7.11 Å². The van der Waals surface area contributed by atoms with Crippen molar-refractivity contribution < 1.29 is 14.3 Å². The van der Waals surface area contributed by atoms with Crippen molar-refractivity contribution in [3.8, 4) is 0 Å². The fourth-order valence-corrected chi connectivity index (χ4v) is 2.43. The minimum Gasteiger partial charge on any atom is -0.467 e. The fraction of sp³-hybridized carbons (Fsp3) is 0.846. The number of ether oxygens (including phenoxy) is 1. The molecule has 0 spiro atoms. The molecule has 0 aromatic carbocycles. The monoisotopic (exact) mass is 256 g/mol. The third-order valence-corrected chi connectivity index (χ3v) is 3.39. The van der Waals surface area contributed by atoms with Gasteiger partial charge >= 0.3 is 5.97 Å². The molecule has 1 atom stereocenters. The fourth-order valence-electron chi connectivity index (χ4n) is 2.43. The van der Waals surface area contributed by atoms with E-state index >= 15 is 0 Å². The number of nitrogens with zero attached hydrogens (tertiary/aromatic N) is 1. The van der Waals surface area contributed by atoms with Crippen LogP contribution in [-0.2, 0) is 14.3 Å². The SMILES string of the molecule is CCNC(C)(C)C(=O)N1CCCCC1C(=O)OC. The number of piperidine rings is 1. The van der Waals surface area contributed by atoms with Crippen molar-refractivity contribution in [1.29, 1.82) is 0 Å². The molecule has 1 N–H and O–H groups in total. The number of likely N-dealkylation sites (N-methyl/N-ethyl adjacent to an activating group) is 1. The lowest BCUT2D eigenvalue weighted by molar-refractivity contribution is -0.156. The second-order valence-electron chi connectivity index (χ2n) is 5.19. The normalized spacial score (nSPS) is 20.7. The van der Waals surface area contributed by atoms with Crippen LogP contribution in [0.15, 0.2) is 0 Å². The largest absolute Gasteiger partial charge is 0.467 e. The van der Waals surface area contributed by atoms with Crippen LogP contribution in [0.5, 0.6) is 0 Å². The van der Waals surface area contributed by atoms with Crippen molar-refractivity contribution in [3.05, 3.63) is 0 Å². The van der Waals surface area contributed by atoms with E-state index in [0.717, 1.165) is 19.4 Å². The zero-order valence-corrected chi connectivity index (χ0v) is 11.8. The summed E-state index contributed by atoms with van der Waals surface area (Å²) in [5.74, 6) is -0.338. The molecule has 5 heteroatoms. The summed E-state index contributed by atoms with van der Waals surface area (Å²) in [5.41, 5.74) is -0.641. The maximum absolute atomic E-state index is 12.5. The second-order valence-corrected chi connectivity index (χ2v) is 5.19. The van der Waals surface area contributed by atoms with Crippen LogP contribution < -0.4 is 5.32 Å². The van der Waals surface area contributed by atoms with Gasteiger partial charge in [-0.25, -0.2) is 4.79 Å². The standard InChI is InChI=1S/C13H24N2O3/c1-5-14-13(2,3)12(17)15-9-7-6-8-10(15)11(16)18-4/h10,14H,5-9H2,1-4H3. The molecule has 1 rings (SSSR count). The molecule has 1 heterocycles. The van der Waals surface area contributed by atoms with E-state index in [-0.39, 0.29) is 11.9 Å². The first-order chi connectivity index (χ1) is 8.44. The van der Waals surface area contributed by atoms with Crippen LogP contribution in [0.2, 0.25) is 0 Å². The molecule has 1 saturated heterocycles. The van der Waals surface area contributed by atoms with Crippen LogP contribution in [-0.4, -0.2) is 48.6 Å². The Labute approximate surface area is 109 Å². The van der Waals surface area contributed by atoms with Crippen LogP contribution in [0.1, 0.15) is 40.0 Å². The zero-order chi connectivity index (χ0) is 13.8. The summed E-state index contributed by atoms with van der Waals surface area (Å²) in [6.45, 7) is 7.01. The summed E-state index contributed by atoms with van der Waals surface area (Å²) in [5, 5.41) is 3.15. The van der Waals surface area contributed by atoms with Gasteiger partial charge in [0.1, 0.15) is 6.04 Å². The highest BCUT2D eigenvalue weighted by Crippen LogP contribution is 2.21. The number of amides is 1. The molecule has 1 unspecified atom stereocenters. The first kappa shape index (κ1) is 15.0. The van der Waals surface area contributed by atoms with E-state index < -0.39 is 11.6 Å². The number of methoxy groups -OCH3 is 1. The maximum Gasteiger partial charge on any atom is 0.328 e. The highest BCUT2D eigenvalue weighted by molar-refractivity contribution is 5.90. The zero-order valence-electron chi connectivity index (χ0n) is 11.8. The van der Waals surface area contributed by atoms with Crippen LogP contribution in [0.25, 0.3) is 0 Å². The highest BCUT2D eigenvalue weighted by atomic mass is 16.5. The van der Waals surface area contributed by atoms with Crippen LogP contribution >= 0.6 is 0 Å². The number of nitrogens with one attached hydrogen (secondary N) is 1. The number of esters is 1. The van der Waals surface area contributed by atoms with E-state index in [1.54, 1.807) is 4.90 Å². The van der Waals surface area contributed by atoms with Crippen molar-refractivity contribution in [2.45, 2.75) is 51.6 Å². The number of rotatable bonds is 4. The average molecular weight is 256 g/mol. The van der Waals surface area contributed by atoms with Gasteiger partial charge in [-0.1, -0.05) is 6.92 Å². The van der Waals surface area contributed by atoms with Gasteiger partial charge in [0.2, 0.25) is 5.91 Å². The van der Waals surface area contributed by atoms with Crippen molar-refractivity contribution in [1.82, 2.24) is 10.2 Å². The smallest absolute Gasteiger partial charge is 0.328 e. The molecule has 1 amide bonds. The van der Waals surface area contributed by atoms with E-state index in [1.807, 2.05) is 20.8 Å². The topological polar surface area (TPSA) is 58.6 Å². The molecule has 5 nitrogen and oxygen atoms in total. The molecule has 0 aromatic rings. The van der Waals surface area contributed by atoms with E-state index in [4.69, 9.17) is 4.74 Å². The minimum atomic E-state index is -0.641. The molecule has 1 aliphatic rings. The van der Waals surface area contributed by atoms with Crippen molar-refractivity contribution in [3.63, 3.8) is 0 Å². The lowest BCUT2D eigenvalue weighted by Crippen LogP contribution is -2.59. The van der Waals surface area contributed by atoms with Gasteiger partial charge in [0.15, 0.2) is 0 Å². The molecular weight excluding hydrogens is 232 g/mol. The first-order valence-corrected chi connectivity index (χ1v) is 6.58. The second kappa shape index (κ2) is 6.18. The Bertz CT molecular complexity index is 315. The molecule has 0 aliphatic carbocycles. The predicted octanol–water partition coefficient (Wildman–Crippen LogP) is 0.929. The third-order valence-electron chi connectivity index (χ3n) is 3.39. The van der Waals surface area contributed by atoms with Crippen molar-refractivity contribution in [2.24, 2.45) is 0 Å². The number of hydrogen-bond donors (Lipinski definition) is 1. The quantitative estimate of drug-likeness (QED) is 0.760. The number of hydrogen-bond acceptors (Lipinski definition) is 4. The van der Waals surface area contributed by atoms with Gasteiger partial charge in [-0.3, -0.25) is 4.79 Å². The van der Waals surface area contributed by atoms with E-state index in [2.05, 4.69) is 5.32 Å². The van der Waals surface area contributed by atoms with Gasteiger partial charge in [-0.05, 0) is 39.7 Å². The molecule has 1 aliphatic heterocycles.